The molecule has 1 aliphatic rings. The Morgan fingerprint density at radius 2 is 2.36 bits per heavy atom. The highest BCUT2D eigenvalue weighted by atomic mass is 15.1. The maximum atomic E-state index is 5.24. The van der Waals surface area contributed by atoms with Crippen molar-refractivity contribution in [1.29, 1.82) is 0 Å². The largest absolute Gasteiger partial charge is 0.317 e. The average Bonchev–Trinajstić information content (AvgIpc) is 2.18. The van der Waals surface area contributed by atoms with Crippen LogP contribution >= 0.6 is 0 Å². The van der Waals surface area contributed by atoms with Gasteiger partial charge in [0.05, 0.1) is 0 Å². The van der Waals surface area contributed by atoms with Crippen LogP contribution in [0.4, 0.5) is 0 Å². The first-order valence-electron chi connectivity index (χ1n) is 5.61. The number of likely N-dealkylation sites (tertiary alicyclic amines) is 1. The standard InChI is InChI=1S/C12H22N2/c1-4-5-6-8-14-9-7-12(13-3)11(2)10-14/h1,11-13H,5-10H2,2-3H3. The molecule has 0 aromatic carbocycles. The van der Waals surface area contributed by atoms with Crippen LogP contribution in [0, 0.1) is 18.3 Å². The topological polar surface area (TPSA) is 15.3 Å². The van der Waals surface area contributed by atoms with Gasteiger partial charge in [-0.3, -0.25) is 0 Å². The average molecular weight is 194 g/mol. The fourth-order valence-corrected chi connectivity index (χ4v) is 2.27. The summed E-state index contributed by atoms with van der Waals surface area (Å²) in [6, 6.07) is 0.707. The van der Waals surface area contributed by atoms with Crippen molar-refractivity contribution in [1.82, 2.24) is 10.2 Å². The molecule has 1 saturated heterocycles. The molecule has 1 heterocycles. The minimum absolute atomic E-state index is 0.707. The highest BCUT2D eigenvalue weighted by Gasteiger charge is 2.23. The van der Waals surface area contributed by atoms with Gasteiger partial charge in [-0.15, -0.1) is 12.3 Å². The molecular weight excluding hydrogens is 172 g/mol. The van der Waals surface area contributed by atoms with Crippen LogP contribution < -0.4 is 5.32 Å². The molecule has 1 fully saturated rings. The Kier molecular flexibility index (Phi) is 5.00. The van der Waals surface area contributed by atoms with E-state index in [-0.39, 0.29) is 0 Å². The van der Waals surface area contributed by atoms with Crippen molar-refractivity contribution in [2.75, 3.05) is 26.7 Å². The summed E-state index contributed by atoms with van der Waals surface area (Å²) in [5, 5.41) is 3.38. The molecule has 1 N–H and O–H groups in total. The smallest absolute Gasteiger partial charge is 0.0114 e. The fraction of sp³-hybridized carbons (Fsp3) is 0.833. The van der Waals surface area contributed by atoms with Crippen molar-refractivity contribution < 1.29 is 0 Å². The van der Waals surface area contributed by atoms with Crippen LogP contribution in [0.3, 0.4) is 0 Å². The van der Waals surface area contributed by atoms with Crippen molar-refractivity contribution >= 4 is 0 Å². The molecule has 0 amide bonds. The molecule has 0 saturated carbocycles. The van der Waals surface area contributed by atoms with E-state index in [1.165, 1.54) is 26.1 Å². The van der Waals surface area contributed by atoms with Gasteiger partial charge in [0.1, 0.15) is 0 Å². The summed E-state index contributed by atoms with van der Waals surface area (Å²) in [5.41, 5.74) is 0. The molecule has 2 heteroatoms. The number of hydrogen-bond donors (Lipinski definition) is 1. The van der Waals surface area contributed by atoms with Crippen molar-refractivity contribution in [2.24, 2.45) is 5.92 Å². The molecule has 0 radical (unpaired) electrons. The summed E-state index contributed by atoms with van der Waals surface area (Å²) < 4.78 is 0. The van der Waals surface area contributed by atoms with Gasteiger partial charge < -0.3 is 10.2 Å². The predicted octanol–water partition coefficient (Wildman–Crippen LogP) is 1.33. The van der Waals surface area contributed by atoms with E-state index in [2.05, 4.69) is 30.1 Å². The first-order valence-corrected chi connectivity index (χ1v) is 5.61. The summed E-state index contributed by atoms with van der Waals surface area (Å²) in [6.07, 6.45) is 8.57. The summed E-state index contributed by atoms with van der Waals surface area (Å²) in [4.78, 5) is 2.54. The molecular formula is C12H22N2. The van der Waals surface area contributed by atoms with Gasteiger partial charge in [0.25, 0.3) is 0 Å². The normalized spacial score (nSPS) is 28.6. The van der Waals surface area contributed by atoms with Gasteiger partial charge in [-0.1, -0.05) is 6.92 Å². The van der Waals surface area contributed by atoms with Crippen molar-refractivity contribution in [3.8, 4) is 12.3 Å². The van der Waals surface area contributed by atoms with E-state index >= 15 is 0 Å². The van der Waals surface area contributed by atoms with Gasteiger partial charge in [-0.25, -0.2) is 0 Å². The van der Waals surface area contributed by atoms with E-state index in [1.807, 2.05) is 0 Å². The van der Waals surface area contributed by atoms with Crippen LogP contribution in [-0.2, 0) is 0 Å². The minimum atomic E-state index is 0.707. The van der Waals surface area contributed by atoms with Crippen LogP contribution in [0.1, 0.15) is 26.2 Å². The minimum Gasteiger partial charge on any atom is -0.317 e. The highest BCUT2D eigenvalue weighted by molar-refractivity contribution is 4.85. The number of nitrogens with zero attached hydrogens (tertiary/aromatic N) is 1. The third kappa shape index (κ3) is 3.32. The van der Waals surface area contributed by atoms with E-state index in [0.29, 0.717) is 6.04 Å². The molecule has 0 aromatic rings. The van der Waals surface area contributed by atoms with Crippen LogP contribution in [0.2, 0.25) is 0 Å². The summed E-state index contributed by atoms with van der Waals surface area (Å²) >= 11 is 0. The molecule has 1 rings (SSSR count). The van der Waals surface area contributed by atoms with Gasteiger partial charge in [0.2, 0.25) is 0 Å². The molecule has 80 valence electrons. The second-order valence-electron chi connectivity index (χ2n) is 4.27. The Balaban J connectivity index is 2.22. The fourth-order valence-electron chi connectivity index (χ4n) is 2.27. The first kappa shape index (κ1) is 11.6. The van der Waals surface area contributed by atoms with E-state index in [4.69, 9.17) is 6.42 Å². The number of unbranched alkanes of at least 4 members (excludes halogenated alkanes) is 1. The monoisotopic (exact) mass is 194 g/mol. The highest BCUT2D eigenvalue weighted by Crippen LogP contribution is 2.16. The van der Waals surface area contributed by atoms with Gasteiger partial charge in [0.15, 0.2) is 0 Å². The molecule has 0 spiro atoms. The Hall–Kier alpha value is -0.520. The SMILES string of the molecule is C#CCCCN1CCC(NC)C(C)C1. The first-order chi connectivity index (χ1) is 6.77. The van der Waals surface area contributed by atoms with Crippen LogP contribution in [0.15, 0.2) is 0 Å². The molecule has 2 atom stereocenters. The third-order valence-electron chi connectivity index (χ3n) is 3.16. The predicted molar refractivity (Wildman–Crippen MR) is 61.1 cm³/mol. The number of hydrogen-bond acceptors (Lipinski definition) is 2. The Morgan fingerprint density at radius 3 is 2.93 bits per heavy atom. The van der Waals surface area contributed by atoms with E-state index in [1.54, 1.807) is 0 Å². The Morgan fingerprint density at radius 1 is 1.57 bits per heavy atom. The molecule has 2 nitrogen and oxygen atoms in total. The summed E-state index contributed by atoms with van der Waals surface area (Å²) in [6.45, 7) is 5.94. The molecule has 0 bridgehead atoms. The second kappa shape index (κ2) is 6.06. The maximum Gasteiger partial charge on any atom is 0.0114 e. The van der Waals surface area contributed by atoms with E-state index in [9.17, 15) is 0 Å². The zero-order valence-electron chi connectivity index (χ0n) is 9.42. The van der Waals surface area contributed by atoms with Gasteiger partial charge in [-0.2, -0.15) is 0 Å². The van der Waals surface area contributed by atoms with Crippen LogP contribution in [0.25, 0.3) is 0 Å². The summed E-state index contributed by atoms with van der Waals surface area (Å²) in [5.74, 6) is 3.46. The second-order valence-corrected chi connectivity index (χ2v) is 4.27. The van der Waals surface area contributed by atoms with Crippen LogP contribution in [-0.4, -0.2) is 37.6 Å². The number of rotatable bonds is 4. The molecule has 0 aliphatic carbocycles. The maximum absolute atomic E-state index is 5.24. The van der Waals surface area contributed by atoms with E-state index < -0.39 is 0 Å². The molecule has 2 unspecified atom stereocenters. The van der Waals surface area contributed by atoms with Gasteiger partial charge >= 0.3 is 0 Å². The van der Waals surface area contributed by atoms with Crippen molar-refractivity contribution in [3.63, 3.8) is 0 Å². The molecule has 14 heavy (non-hydrogen) atoms. The molecule has 1 aliphatic heterocycles. The van der Waals surface area contributed by atoms with Crippen molar-refractivity contribution in [2.45, 2.75) is 32.2 Å². The zero-order valence-corrected chi connectivity index (χ0v) is 9.42. The Bertz CT molecular complexity index is 195. The number of nitrogens with one attached hydrogen (secondary N) is 1. The lowest BCUT2D eigenvalue weighted by Crippen LogP contribution is -2.47. The lowest BCUT2D eigenvalue weighted by Gasteiger charge is -2.36. The van der Waals surface area contributed by atoms with Crippen LogP contribution in [0.5, 0.6) is 0 Å². The molecule has 0 aromatic heterocycles. The summed E-state index contributed by atoms with van der Waals surface area (Å²) in [7, 11) is 2.06. The lowest BCUT2D eigenvalue weighted by atomic mass is 9.94. The number of piperidine rings is 1. The Labute approximate surface area is 88.1 Å². The quantitative estimate of drug-likeness (QED) is 0.536. The third-order valence-corrected chi connectivity index (χ3v) is 3.16. The van der Waals surface area contributed by atoms with Gasteiger partial charge in [0, 0.05) is 19.0 Å². The number of terminal acetylenes is 1. The lowest BCUT2D eigenvalue weighted by molar-refractivity contribution is 0.150. The zero-order chi connectivity index (χ0) is 10.4. The van der Waals surface area contributed by atoms with E-state index in [0.717, 1.165) is 18.8 Å². The van der Waals surface area contributed by atoms with Gasteiger partial charge in [-0.05, 0) is 38.9 Å². The van der Waals surface area contributed by atoms with Crippen molar-refractivity contribution in [3.05, 3.63) is 0 Å².